The van der Waals surface area contributed by atoms with Crippen LogP contribution in [0.5, 0.6) is 5.75 Å². The number of carbonyl (C=O) groups is 1. The van der Waals surface area contributed by atoms with Crippen LogP contribution in [0.25, 0.3) is 21.9 Å². The molecule has 0 atom stereocenters. The fourth-order valence-electron chi connectivity index (χ4n) is 3.60. The van der Waals surface area contributed by atoms with Gasteiger partial charge in [0.2, 0.25) is 0 Å². The van der Waals surface area contributed by atoms with E-state index in [2.05, 4.69) is 0 Å². The zero-order valence-corrected chi connectivity index (χ0v) is 15.3. The third kappa shape index (κ3) is 3.47. The average molecular weight is 368 g/mol. The van der Waals surface area contributed by atoms with Gasteiger partial charge >= 0.3 is 5.97 Å². The van der Waals surface area contributed by atoms with Gasteiger partial charge in [-0.05, 0) is 58.0 Å². The van der Waals surface area contributed by atoms with Crippen LogP contribution in [0.3, 0.4) is 0 Å². The minimum absolute atomic E-state index is 0.0616. The molecule has 4 rings (SSSR count). The van der Waals surface area contributed by atoms with E-state index in [0.29, 0.717) is 12.0 Å². The second-order valence-electron chi connectivity index (χ2n) is 6.85. The highest BCUT2D eigenvalue weighted by Gasteiger charge is 2.17. The molecule has 2 N–H and O–H groups in total. The molecule has 0 radical (unpaired) electrons. The highest BCUT2D eigenvalue weighted by atomic mass is 16.4. The van der Waals surface area contributed by atoms with Gasteiger partial charge in [-0.25, -0.2) is 4.79 Å². The summed E-state index contributed by atoms with van der Waals surface area (Å²) in [6, 6.07) is 27.5. The zero-order chi connectivity index (χ0) is 19.5. The molecule has 0 spiro atoms. The Bertz CT molecular complexity index is 1140. The molecule has 0 aliphatic heterocycles. The number of aromatic hydroxyl groups is 1. The summed E-state index contributed by atoms with van der Waals surface area (Å²) in [6.07, 6.45) is 1.29. The average Bonchev–Trinajstić information content (AvgIpc) is 2.73. The van der Waals surface area contributed by atoms with Crippen molar-refractivity contribution >= 4 is 16.7 Å². The van der Waals surface area contributed by atoms with Crippen LogP contribution >= 0.6 is 0 Å². The third-order valence-electron chi connectivity index (χ3n) is 5.05. The Labute approximate surface area is 163 Å². The summed E-state index contributed by atoms with van der Waals surface area (Å²) >= 11 is 0. The number of fused-ring (bicyclic) bond motifs is 1. The van der Waals surface area contributed by atoms with E-state index in [4.69, 9.17) is 0 Å². The second-order valence-corrected chi connectivity index (χ2v) is 6.85. The molecule has 0 aliphatic rings. The number of benzene rings is 4. The van der Waals surface area contributed by atoms with Crippen LogP contribution in [-0.2, 0) is 12.8 Å². The van der Waals surface area contributed by atoms with E-state index >= 15 is 0 Å². The first-order chi connectivity index (χ1) is 13.6. The van der Waals surface area contributed by atoms with Crippen molar-refractivity contribution in [2.75, 3.05) is 0 Å². The number of carboxylic acids is 1. The smallest absolute Gasteiger partial charge is 0.339 e. The number of carboxylic acid groups (broad SMARTS) is 1. The second kappa shape index (κ2) is 7.57. The van der Waals surface area contributed by atoms with Crippen molar-refractivity contribution in [3.05, 3.63) is 102 Å². The lowest BCUT2D eigenvalue weighted by atomic mass is 9.92. The third-order valence-corrected chi connectivity index (χ3v) is 5.05. The van der Waals surface area contributed by atoms with E-state index in [1.54, 1.807) is 6.07 Å². The predicted molar refractivity (Wildman–Crippen MR) is 112 cm³/mol. The molecule has 0 heterocycles. The van der Waals surface area contributed by atoms with Crippen molar-refractivity contribution in [1.82, 2.24) is 0 Å². The standard InChI is InChI=1S/C25H20O3/c26-24-19(14-13-17-7-2-1-3-8-17)15-20(16-23(24)25(27)28)22-12-6-10-18-9-4-5-11-21(18)22/h1-12,15-16,26H,13-14H2,(H,27,28). The highest BCUT2D eigenvalue weighted by molar-refractivity contribution is 5.99. The Morgan fingerprint density at radius 3 is 2.29 bits per heavy atom. The Morgan fingerprint density at radius 2 is 1.50 bits per heavy atom. The zero-order valence-electron chi connectivity index (χ0n) is 15.3. The normalized spacial score (nSPS) is 10.9. The van der Waals surface area contributed by atoms with Crippen molar-refractivity contribution in [2.24, 2.45) is 0 Å². The minimum atomic E-state index is -1.12. The molecule has 0 amide bonds. The van der Waals surface area contributed by atoms with Gasteiger partial charge in [-0.2, -0.15) is 0 Å². The summed E-state index contributed by atoms with van der Waals surface area (Å²) in [5.41, 5.74) is 3.49. The Kier molecular flexibility index (Phi) is 4.81. The maximum absolute atomic E-state index is 11.7. The highest BCUT2D eigenvalue weighted by Crippen LogP contribution is 2.34. The lowest BCUT2D eigenvalue weighted by Crippen LogP contribution is -2.02. The fourth-order valence-corrected chi connectivity index (χ4v) is 3.60. The van der Waals surface area contributed by atoms with E-state index < -0.39 is 5.97 Å². The molecule has 138 valence electrons. The molecule has 3 heteroatoms. The molecular formula is C25H20O3. The van der Waals surface area contributed by atoms with Crippen molar-refractivity contribution in [3.63, 3.8) is 0 Å². The fraction of sp³-hybridized carbons (Fsp3) is 0.0800. The summed E-state index contributed by atoms with van der Waals surface area (Å²) in [5.74, 6) is -1.27. The van der Waals surface area contributed by atoms with Crippen LogP contribution in [0.15, 0.2) is 84.9 Å². The maximum atomic E-state index is 11.7. The number of phenols is 1. The summed E-state index contributed by atoms with van der Waals surface area (Å²) < 4.78 is 0. The molecule has 4 aromatic carbocycles. The van der Waals surface area contributed by atoms with Crippen molar-refractivity contribution < 1.29 is 15.0 Å². The molecule has 0 bridgehead atoms. The van der Waals surface area contributed by atoms with E-state index in [1.807, 2.05) is 78.9 Å². The molecule has 0 saturated carbocycles. The Hall–Kier alpha value is -3.59. The molecule has 0 fully saturated rings. The van der Waals surface area contributed by atoms with Gasteiger partial charge in [0.05, 0.1) is 0 Å². The summed E-state index contributed by atoms with van der Waals surface area (Å²) in [5, 5.41) is 22.3. The SMILES string of the molecule is O=C(O)c1cc(-c2cccc3ccccc23)cc(CCc2ccccc2)c1O. The number of hydrogen-bond donors (Lipinski definition) is 2. The van der Waals surface area contributed by atoms with Gasteiger partial charge < -0.3 is 10.2 Å². The lowest BCUT2D eigenvalue weighted by molar-refractivity contribution is 0.0693. The van der Waals surface area contributed by atoms with Crippen molar-refractivity contribution in [2.45, 2.75) is 12.8 Å². The van der Waals surface area contributed by atoms with Crippen LogP contribution in [0.4, 0.5) is 0 Å². The molecule has 3 nitrogen and oxygen atoms in total. The van der Waals surface area contributed by atoms with Crippen LogP contribution in [-0.4, -0.2) is 16.2 Å². The van der Waals surface area contributed by atoms with Crippen molar-refractivity contribution in [1.29, 1.82) is 0 Å². The van der Waals surface area contributed by atoms with Gasteiger partial charge in [-0.15, -0.1) is 0 Å². The Morgan fingerprint density at radius 1 is 0.786 bits per heavy atom. The summed E-state index contributed by atoms with van der Waals surface area (Å²) in [6.45, 7) is 0. The largest absolute Gasteiger partial charge is 0.507 e. The summed E-state index contributed by atoms with van der Waals surface area (Å²) in [7, 11) is 0. The number of hydrogen-bond acceptors (Lipinski definition) is 2. The maximum Gasteiger partial charge on any atom is 0.339 e. The first-order valence-corrected chi connectivity index (χ1v) is 9.25. The molecule has 0 unspecified atom stereocenters. The molecule has 0 aliphatic carbocycles. The van der Waals surface area contributed by atoms with Gasteiger partial charge in [0.15, 0.2) is 0 Å². The number of rotatable bonds is 5. The quantitative estimate of drug-likeness (QED) is 0.475. The Balaban J connectivity index is 1.81. The van der Waals surface area contributed by atoms with Gasteiger partial charge in [-0.1, -0.05) is 72.8 Å². The minimum Gasteiger partial charge on any atom is -0.507 e. The van der Waals surface area contributed by atoms with Gasteiger partial charge in [0.25, 0.3) is 0 Å². The number of aromatic carboxylic acids is 1. The first-order valence-electron chi connectivity index (χ1n) is 9.25. The first kappa shape index (κ1) is 17.8. The van der Waals surface area contributed by atoms with Crippen LogP contribution in [0.2, 0.25) is 0 Å². The predicted octanol–water partition coefficient (Wildman–Crippen LogP) is 5.70. The molecule has 28 heavy (non-hydrogen) atoms. The molecule has 0 aromatic heterocycles. The van der Waals surface area contributed by atoms with E-state index in [9.17, 15) is 15.0 Å². The summed E-state index contributed by atoms with van der Waals surface area (Å²) in [4.78, 5) is 11.7. The van der Waals surface area contributed by atoms with E-state index in [0.717, 1.165) is 33.9 Å². The monoisotopic (exact) mass is 368 g/mol. The molecule has 0 saturated heterocycles. The van der Waals surface area contributed by atoms with Gasteiger partial charge in [0.1, 0.15) is 11.3 Å². The van der Waals surface area contributed by atoms with Gasteiger partial charge in [-0.3, -0.25) is 0 Å². The topological polar surface area (TPSA) is 57.5 Å². The van der Waals surface area contributed by atoms with E-state index in [-0.39, 0.29) is 11.3 Å². The molecule has 4 aromatic rings. The van der Waals surface area contributed by atoms with Crippen LogP contribution in [0.1, 0.15) is 21.5 Å². The van der Waals surface area contributed by atoms with Crippen molar-refractivity contribution in [3.8, 4) is 16.9 Å². The lowest BCUT2D eigenvalue weighted by Gasteiger charge is -2.13. The van der Waals surface area contributed by atoms with Gasteiger partial charge in [0, 0.05) is 0 Å². The molecular weight excluding hydrogens is 348 g/mol. The van der Waals surface area contributed by atoms with E-state index in [1.165, 1.54) is 0 Å². The van der Waals surface area contributed by atoms with Crippen LogP contribution in [0, 0.1) is 0 Å². The number of aryl methyl sites for hydroxylation is 2. The van der Waals surface area contributed by atoms with Crippen LogP contribution < -0.4 is 0 Å².